The lowest BCUT2D eigenvalue weighted by Crippen LogP contribution is -2.33. The number of halogens is 1. The van der Waals surface area contributed by atoms with Crippen LogP contribution >= 0.6 is 11.6 Å². The Bertz CT molecular complexity index is 808. The van der Waals surface area contributed by atoms with E-state index >= 15 is 0 Å². The molecule has 1 unspecified atom stereocenters. The molecule has 1 aromatic carbocycles. The van der Waals surface area contributed by atoms with Gasteiger partial charge < -0.3 is 10.1 Å². The van der Waals surface area contributed by atoms with Gasteiger partial charge >= 0.3 is 0 Å². The quantitative estimate of drug-likeness (QED) is 0.780. The van der Waals surface area contributed by atoms with Crippen LogP contribution in [-0.2, 0) is 4.74 Å². The molecule has 1 saturated heterocycles. The average Bonchev–Trinajstić information content (AvgIpc) is 3.27. The summed E-state index contributed by atoms with van der Waals surface area (Å²) < 4.78 is 7.50. The van der Waals surface area contributed by atoms with Crippen LogP contribution in [-0.4, -0.2) is 34.9 Å². The van der Waals surface area contributed by atoms with E-state index in [1.165, 1.54) is 0 Å². The molecule has 1 N–H and O–H groups in total. The Hall–Kier alpha value is -1.85. The van der Waals surface area contributed by atoms with E-state index < -0.39 is 0 Å². The van der Waals surface area contributed by atoms with Crippen molar-refractivity contribution in [3.05, 3.63) is 46.2 Å². The van der Waals surface area contributed by atoms with E-state index in [2.05, 4.69) is 33.0 Å². The number of ether oxygens (including phenoxy) is 1. The Morgan fingerprint density at radius 1 is 1.33 bits per heavy atom. The third-order valence-electron chi connectivity index (χ3n) is 4.84. The molecule has 1 atom stereocenters. The Morgan fingerprint density at radius 2 is 2.11 bits per heavy atom. The molecule has 1 aromatic heterocycles. The van der Waals surface area contributed by atoms with E-state index in [9.17, 15) is 4.79 Å². The van der Waals surface area contributed by atoms with Crippen molar-refractivity contribution in [1.29, 1.82) is 0 Å². The third-order valence-corrected chi connectivity index (χ3v) is 5.07. The Labute approximate surface area is 166 Å². The van der Waals surface area contributed by atoms with Crippen molar-refractivity contribution in [3.8, 4) is 5.69 Å². The standard InChI is InChI=1S/C21H28ClN3O2/c1-13(2)19-18(21(26)23-12-17-9-6-10-27-17)20(14(3)4)25(24-19)16-8-5-7-15(22)11-16/h5,7-8,11,13-14,17H,6,9-10,12H2,1-4H3,(H,23,26). The molecule has 2 heterocycles. The summed E-state index contributed by atoms with van der Waals surface area (Å²) in [4.78, 5) is 13.1. The molecule has 1 aliphatic heterocycles. The highest BCUT2D eigenvalue weighted by atomic mass is 35.5. The van der Waals surface area contributed by atoms with Gasteiger partial charge in [-0.3, -0.25) is 4.79 Å². The first kappa shape index (κ1) is 19.9. The van der Waals surface area contributed by atoms with Crippen molar-refractivity contribution in [2.45, 2.75) is 58.5 Å². The van der Waals surface area contributed by atoms with Gasteiger partial charge in [-0.05, 0) is 42.9 Å². The van der Waals surface area contributed by atoms with Gasteiger partial charge in [0.2, 0.25) is 0 Å². The Balaban J connectivity index is 2.01. The van der Waals surface area contributed by atoms with Crippen LogP contribution in [0.15, 0.2) is 24.3 Å². The van der Waals surface area contributed by atoms with Gasteiger partial charge in [0.05, 0.1) is 28.7 Å². The van der Waals surface area contributed by atoms with Crippen molar-refractivity contribution in [3.63, 3.8) is 0 Å². The lowest BCUT2D eigenvalue weighted by atomic mass is 9.98. The predicted octanol–water partition coefficient (Wildman–Crippen LogP) is 4.68. The molecule has 0 spiro atoms. The summed E-state index contributed by atoms with van der Waals surface area (Å²) in [5, 5.41) is 8.52. The number of hydrogen-bond acceptors (Lipinski definition) is 3. The number of carbonyl (C=O) groups excluding carboxylic acids is 1. The van der Waals surface area contributed by atoms with Crippen molar-refractivity contribution in [2.24, 2.45) is 0 Å². The number of nitrogens with zero attached hydrogens (tertiary/aromatic N) is 2. The maximum Gasteiger partial charge on any atom is 0.255 e. The molecule has 1 aliphatic rings. The number of benzene rings is 1. The van der Waals surface area contributed by atoms with Gasteiger partial charge in [-0.1, -0.05) is 45.4 Å². The molecule has 1 amide bonds. The predicted molar refractivity (Wildman–Crippen MR) is 108 cm³/mol. The van der Waals surface area contributed by atoms with E-state index in [1.54, 1.807) is 0 Å². The van der Waals surface area contributed by atoms with Gasteiger partial charge in [0.25, 0.3) is 5.91 Å². The van der Waals surface area contributed by atoms with Crippen LogP contribution in [0.3, 0.4) is 0 Å². The lowest BCUT2D eigenvalue weighted by Gasteiger charge is -2.15. The SMILES string of the molecule is CC(C)c1nn(-c2cccc(Cl)c2)c(C(C)C)c1C(=O)NCC1CCCO1. The Morgan fingerprint density at radius 3 is 2.70 bits per heavy atom. The summed E-state index contributed by atoms with van der Waals surface area (Å²) in [6.07, 6.45) is 2.17. The molecule has 0 aliphatic carbocycles. The fourth-order valence-corrected chi connectivity index (χ4v) is 3.71. The minimum atomic E-state index is -0.0776. The van der Waals surface area contributed by atoms with Crippen molar-refractivity contribution in [1.82, 2.24) is 15.1 Å². The first-order valence-electron chi connectivity index (χ1n) is 9.67. The van der Waals surface area contributed by atoms with Gasteiger partial charge in [0, 0.05) is 18.2 Å². The first-order chi connectivity index (χ1) is 12.9. The molecule has 27 heavy (non-hydrogen) atoms. The summed E-state index contributed by atoms with van der Waals surface area (Å²) in [6, 6.07) is 7.57. The molecule has 0 radical (unpaired) electrons. The highest BCUT2D eigenvalue weighted by molar-refractivity contribution is 6.30. The summed E-state index contributed by atoms with van der Waals surface area (Å²) in [7, 11) is 0. The van der Waals surface area contributed by atoms with E-state index in [0.717, 1.165) is 36.5 Å². The number of carbonyl (C=O) groups is 1. The van der Waals surface area contributed by atoms with Gasteiger partial charge in [-0.2, -0.15) is 5.10 Å². The third kappa shape index (κ3) is 4.36. The minimum Gasteiger partial charge on any atom is -0.376 e. The van der Waals surface area contributed by atoms with Crippen LogP contribution in [0.25, 0.3) is 5.69 Å². The van der Waals surface area contributed by atoms with E-state index in [4.69, 9.17) is 21.4 Å². The van der Waals surface area contributed by atoms with Crippen LogP contribution in [0.4, 0.5) is 0 Å². The zero-order chi connectivity index (χ0) is 19.6. The van der Waals surface area contributed by atoms with E-state index in [0.29, 0.717) is 17.1 Å². The number of amides is 1. The zero-order valence-electron chi connectivity index (χ0n) is 16.5. The number of hydrogen-bond donors (Lipinski definition) is 1. The number of rotatable bonds is 6. The molecule has 6 heteroatoms. The Kier molecular flexibility index (Phi) is 6.22. The van der Waals surface area contributed by atoms with E-state index in [1.807, 2.05) is 28.9 Å². The maximum absolute atomic E-state index is 13.1. The first-order valence-corrected chi connectivity index (χ1v) is 10.0. The monoisotopic (exact) mass is 389 g/mol. The fraction of sp³-hybridized carbons (Fsp3) is 0.524. The second-order valence-electron chi connectivity index (χ2n) is 7.69. The lowest BCUT2D eigenvalue weighted by molar-refractivity contribution is 0.0855. The topological polar surface area (TPSA) is 56.2 Å². The number of nitrogens with one attached hydrogen (secondary N) is 1. The molecular formula is C21H28ClN3O2. The van der Waals surface area contributed by atoms with Crippen LogP contribution in [0, 0.1) is 0 Å². The van der Waals surface area contributed by atoms with Crippen LogP contribution in [0.1, 0.15) is 74.1 Å². The molecule has 0 bridgehead atoms. The second-order valence-corrected chi connectivity index (χ2v) is 8.13. The van der Waals surface area contributed by atoms with Crippen molar-refractivity contribution >= 4 is 17.5 Å². The van der Waals surface area contributed by atoms with Gasteiger partial charge in [-0.15, -0.1) is 0 Å². The summed E-state index contributed by atoms with van der Waals surface area (Å²) in [5.74, 6) is 0.185. The van der Waals surface area contributed by atoms with Crippen LogP contribution < -0.4 is 5.32 Å². The van der Waals surface area contributed by atoms with Gasteiger partial charge in [0.15, 0.2) is 0 Å². The van der Waals surface area contributed by atoms with Gasteiger partial charge in [-0.25, -0.2) is 4.68 Å². The molecule has 0 saturated carbocycles. The number of aromatic nitrogens is 2. The normalized spacial score (nSPS) is 17.1. The minimum absolute atomic E-state index is 0.0776. The largest absolute Gasteiger partial charge is 0.376 e. The summed E-state index contributed by atoms with van der Waals surface area (Å²) in [5.41, 5.74) is 3.26. The molecule has 1 fully saturated rings. The summed E-state index contributed by atoms with van der Waals surface area (Å²) in [6.45, 7) is 9.60. The average molecular weight is 390 g/mol. The molecule has 2 aromatic rings. The zero-order valence-corrected chi connectivity index (χ0v) is 17.2. The summed E-state index contributed by atoms with van der Waals surface area (Å²) >= 11 is 6.19. The molecule has 5 nitrogen and oxygen atoms in total. The van der Waals surface area contributed by atoms with E-state index in [-0.39, 0.29) is 23.8 Å². The van der Waals surface area contributed by atoms with Gasteiger partial charge in [0.1, 0.15) is 0 Å². The molecule has 3 rings (SSSR count). The highest BCUT2D eigenvalue weighted by Crippen LogP contribution is 2.30. The second kappa shape index (κ2) is 8.44. The fourth-order valence-electron chi connectivity index (χ4n) is 3.52. The smallest absolute Gasteiger partial charge is 0.255 e. The van der Waals surface area contributed by atoms with Crippen LogP contribution in [0.2, 0.25) is 5.02 Å². The van der Waals surface area contributed by atoms with Crippen molar-refractivity contribution < 1.29 is 9.53 Å². The maximum atomic E-state index is 13.1. The highest BCUT2D eigenvalue weighted by Gasteiger charge is 2.28. The van der Waals surface area contributed by atoms with Crippen LogP contribution in [0.5, 0.6) is 0 Å². The molecule has 146 valence electrons. The molecular weight excluding hydrogens is 362 g/mol. The van der Waals surface area contributed by atoms with Crippen molar-refractivity contribution in [2.75, 3.05) is 13.2 Å².